The minimum absolute atomic E-state index is 0.0267. The molecule has 8 heteroatoms. The molecular formula is C23H23ClFN3O3. The second-order valence-electron chi connectivity index (χ2n) is 7.97. The minimum atomic E-state index is -0.386. The average molecular weight is 444 g/mol. The second kappa shape index (κ2) is 9.06. The number of rotatable bonds is 4. The van der Waals surface area contributed by atoms with Gasteiger partial charge in [0.05, 0.1) is 5.92 Å². The van der Waals surface area contributed by atoms with Crippen LogP contribution in [-0.2, 0) is 9.59 Å². The number of carbonyl (C=O) groups is 3. The molecule has 2 heterocycles. The Morgan fingerprint density at radius 2 is 1.77 bits per heavy atom. The summed E-state index contributed by atoms with van der Waals surface area (Å²) in [5, 5.41) is 3.50. The Morgan fingerprint density at radius 1 is 1.06 bits per heavy atom. The van der Waals surface area contributed by atoms with Crippen molar-refractivity contribution in [1.29, 1.82) is 0 Å². The van der Waals surface area contributed by atoms with Crippen molar-refractivity contribution in [3.05, 3.63) is 64.9 Å². The Morgan fingerprint density at radius 3 is 2.45 bits per heavy atom. The molecule has 2 saturated heterocycles. The molecule has 1 atom stereocenters. The van der Waals surface area contributed by atoms with Gasteiger partial charge in [-0.1, -0.05) is 17.7 Å². The van der Waals surface area contributed by atoms with E-state index in [0.717, 1.165) is 0 Å². The third-order valence-electron chi connectivity index (χ3n) is 5.84. The molecule has 0 spiro atoms. The van der Waals surface area contributed by atoms with Crippen molar-refractivity contribution in [3.8, 4) is 0 Å². The second-order valence-corrected chi connectivity index (χ2v) is 8.40. The summed E-state index contributed by atoms with van der Waals surface area (Å²) in [6.45, 7) is 1.39. The van der Waals surface area contributed by atoms with Gasteiger partial charge in [0.1, 0.15) is 5.82 Å². The number of piperidine rings is 1. The van der Waals surface area contributed by atoms with Crippen LogP contribution >= 0.6 is 11.6 Å². The van der Waals surface area contributed by atoms with E-state index in [9.17, 15) is 18.8 Å². The number of carbonyl (C=O) groups excluding carboxylic acids is 3. The molecule has 2 aliphatic rings. The summed E-state index contributed by atoms with van der Waals surface area (Å²) in [4.78, 5) is 41.1. The number of hydrogen-bond donors (Lipinski definition) is 1. The van der Waals surface area contributed by atoms with Crippen molar-refractivity contribution in [1.82, 2.24) is 10.2 Å². The van der Waals surface area contributed by atoms with Crippen molar-refractivity contribution >= 4 is 35.0 Å². The van der Waals surface area contributed by atoms with E-state index in [1.807, 2.05) is 6.07 Å². The van der Waals surface area contributed by atoms with E-state index >= 15 is 0 Å². The van der Waals surface area contributed by atoms with Crippen LogP contribution in [0.1, 0.15) is 29.6 Å². The van der Waals surface area contributed by atoms with Gasteiger partial charge in [0.25, 0.3) is 5.91 Å². The topological polar surface area (TPSA) is 69.7 Å². The molecular weight excluding hydrogens is 421 g/mol. The lowest BCUT2D eigenvalue weighted by Crippen LogP contribution is -2.48. The Labute approximate surface area is 185 Å². The van der Waals surface area contributed by atoms with Gasteiger partial charge < -0.3 is 15.1 Å². The molecule has 2 aromatic carbocycles. The molecule has 1 unspecified atom stereocenters. The van der Waals surface area contributed by atoms with Crippen LogP contribution < -0.4 is 10.2 Å². The highest BCUT2D eigenvalue weighted by Crippen LogP contribution is 2.28. The molecule has 4 rings (SSSR count). The summed E-state index contributed by atoms with van der Waals surface area (Å²) in [7, 11) is 0. The summed E-state index contributed by atoms with van der Waals surface area (Å²) in [5.74, 6) is -1.12. The fourth-order valence-corrected chi connectivity index (χ4v) is 4.32. The fourth-order valence-electron chi connectivity index (χ4n) is 4.14. The van der Waals surface area contributed by atoms with Crippen molar-refractivity contribution in [2.45, 2.75) is 25.3 Å². The Bertz CT molecular complexity index is 990. The molecule has 0 bridgehead atoms. The van der Waals surface area contributed by atoms with Crippen molar-refractivity contribution in [2.24, 2.45) is 5.92 Å². The maximum Gasteiger partial charge on any atom is 0.251 e. The molecule has 162 valence electrons. The van der Waals surface area contributed by atoms with E-state index in [2.05, 4.69) is 5.32 Å². The molecule has 31 heavy (non-hydrogen) atoms. The van der Waals surface area contributed by atoms with Crippen LogP contribution in [0.2, 0.25) is 5.02 Å². The summed E-state index contributed by atoms with van der Waals surface area (Å²) in [6.07, 6.45) is 1.46. The zero-order chi connectivity index (χ0) is 22.0. The van der Waals surface area contributed by atoms with Gasteiger partial charge in [-0.25, -0.2) is 4.39 Å². The Kier molecular flexibility index (Phi) is 6.23. The zero-order valence-corrected chi connectivity index (χ0v) is 17.6. The first kappa shape index (κ1) is 21.3. The van der Waals surface area contributed by atoms with Crippen LogP contribution in [0.25, 0.3) is 0 Å². The van der Waals surface area contributed by atoms with E-state index in [0.29, 0.717) is 48.7 Å². The number of likely N-dealkylation sites (tertiary alicyclic amines) is 1. The van der Waals surface area contributed by atoms with Gasteiger partial charge in [-0.3, -0.25) is 14.4 Å². The van der Waals surface area contributed by atoms with Crippen LogP contribution in [0.4, 0.5) is 10.1 Å². The number of hydrogen-bond acceptors (Lipinski definition) is 3. The smallest absolute Gasteiger partial charge is 0.251 e. The molecule has 0 saturated carbocycles. The quantitative estimate of drug-likeness (QED) is 0.788. The molecule has 0 radical (unpaired) electrons. The maximum atomic E-state index is 13.0. The van der Waals surface area contributed by atoms with Gasteiger partial charge in [-0.15, -0.1) is 0 Å². The van der Waals surface area contributed by atoms with E-state index in [1.165, 1.54) is 24.3 Å². The Hall–Kier alpha value is -2.93. The van der Waals surface area contributed by atoms with Gasteiger partial charge in [-0.05, 0) is 55.3 Å². The SMILES string of the molecule is O=C(NC1CCN(C(=O)C2CC(=O)N(c3cccc(Cl)c3)C2)CC1)c1ccc(F)cc1. The lowest BCUT2D eigenvalue weighted by atomic mass is 10.0. The molecule has 2 fully saturated rings. The van der Waals surface area contributed by atoms with Gasteiger partial charge in [0.15, 0.2) is 0 Å². The highest BCUT2D eigenvalue weighted by atomic mass is 35.5. The van der Waals surface area contributed by atoms with Crippen LogP contribution in [0.3, 0.4) is 0 Å². The molecule has 1 N–H and O–H groups in total. The summed E-state index contributed by atoms with van der Waals surface area (Å²) in [6, 6.07) is 12.4. The molecule has 0 aromatic heterocycles. The van der Waals surface area contributed by atoms with Gasteiger partial charge in [-0.2, -0.15) is 0 Å². The number of nitrogens with zero attached hydrogens (tertiary/aromatic N) is 2. The van der Waals surface area contributed by atoms with Crippen molar-refractivity contribution < 1.29 is 18.8 Å². The number of nitrogens with one attached hydrogen (secondary N) is 1. The summed E-state index contributed by atoms with van der Waals surface area (Å²) >= 11 is 6.03. The summed E-state index contributed by atoms with van der Waals surface area (Å²) < 4.78 is 13.0. The fraction of sp³-hybridized carbons (Fsp3) is 0.348. The van der Waals surface area contributed by atoms with Crippen molar-refractivity contribution in [3.63, 3.8) is 0 Å². The summed E-state index contributed by atoms with van der Waals surface area (Å²) in [5.41, 5.74) is 1.11. The standard InChI is InChI=1S/C23H23ClFN3O3/c24-17-2-1-3-20(13-17)28-14-16(12-21(28)29)23(31)27-10-8-19(9-11-27)26-22(30)15-4-6-18(25)7-5-15/h1-7,13,16,19H,8-12,14H2,(H,26,30). The van der Waals surface area contributed by atoms with Gasteiger partial charge >= 0.3 is 0 Å². The first-order valence-corrected chi connectivity index (χ1v) is 10.7. The maximum absolute atomic E-state index is 13.0. The van der Waals surface area contributed by atoms with Crippen LogP contribution in [0.5, 0.6) is 0 Å². The average Bonchev–Trinajstić information content (AvgIpc) is 3.16. The van der Waals surface area contributed by atoms with Crippen LogP contribution in [0.15, 0.2) is 48.5 Å². The first-order valence-electron chi connectivity index (χ1n) is 10.3. The van der Waals surface area contributed by atoms with E-state index in [4.69, 9.17) is 11.6 Å². The number of benzene rings is 2. The van der Waals surface area contributed by atoms with Crippen molar-refractivity contribution in [2.75, 3.05) is 24.5 Å². The number of anilines is 1. The normalized spacial score (nSPS) is 19.5. The highest BCUT2D eigenvalue weighted by molar-refractivity contribution is 6.31. The number of amides is 3. The predicted molar refractivity (Wildman–Crippen MR) is 115 cm³/mol. The highest BCUT2D eigenvalue weighted by Gasteiger charge is 2.38. The largest absolute Gasteiger partial charge is 0.349 e. The monoisotopic (exact) mass is 443 g/mol. The predicted octanol–water partition coefficient (Wildman–Crippen LogP) is 3.25. The van der Waals surface area contributed by atoms with E-state index in [-0.39, 0.29) is 41.9 Å². The third-order valence-corrected chi connectivity index (χ3v) is 6.08. The van der Waals surface area contributed by atoms with E-state index < -0.39 is 0 Å². The van der Waals surface area contributed by atoms with E-state index in [1.54, 1.807) is 28.0 Å². The van der Waals surface area contributed by atoms with Gasteiger partial charge in [0.2, 0.25) is 11.8 Å². The van der Waals surface area contributed by atoms with Gasteiger partial charge in [0, 0.05) is 48.4 Å². The lowest BCUT2D eigenvalue weighted by molar-refractivity contribution is -0.136. The third kappa shape index (κ3) is 4.88. The van der Waals surface area contributed by atoms with Crippen LogP contribution in [-0.4, -0.2) is 48.3 Å². The number of halogens is 2. The lowest BCUT2D eigenvalue weighted by Gasteiger charge is -2.33. The zero-order valence-electron chi connectivity index (χ0n) is 16.9. The van der Waals surface area contributed by atoms with Crippen LogP contribution in [0, 0.1) is 11.7 Å². The molecule has 2 aromatic rings. The molecule has 2 aliphatic heterocycles. The first-order chi connectivity index (χ1) is 14.9. The molecule has 0 aliphatic carbocycles. The molecule has 3 amide bonds. The molecule has 6 nitrogen and oxygen atoms in total. The minimum Gasteiger partial charge on any atom is -0.349 e. The Balaban J connectivity index is 1.30.